The SMILES string of the molecule is Cc1cccc(C)c1NC(=O)Cn1c(O)c(C2=c3ccccc3=NC2=O)sc1=O. The topological polar surface area (TPSA) is 101 Å². The number of rotatable bonds is 4. The van der Waals surface area contributed by atoms with Gasteiger partial charge in [-0.25, -0.2) is 4.99 Å². The number of carbonyl (C=O) groups excluding carboxylic acids is 2. The average Bonchev–Trinajstić information content (AvgIpc) is 3.15. The molecule has 146 valence electrons. The van der Waals surface area contributed by atoms with E-state index in [2.05, 4.69) is 10.3 Å². The number of aryl methyl sites for hydroxylation is 2. The second-order valence-electron chi connectivity index (χ2n) is 6.73. The molecule has 7 nitrogen and oxygen atoms in total. The van der Waals surface area contributed by atoms with Gasteiger partial charge in [0.25, 0.3) is 5.91 Å². The molecule has 0 bridgehead atoms. The van der Waals surface area contributed by atoms with Gasteiger partial charge in [-0.15, -0.1) is 0 Å². The summed E-state index contributed by atoms with van der Waals surface area (Å²) < 4.78 is 0.962. The van der Waals surface area contributed by atoms with Crippen molar-refractivity contribution in [2.24, 2.45) is 4.99 Å². The summed E-state index contributed by atoms with van der Waals surface area (Å²) in [4.78, 5) is 40.8. The second-order valence-corrected chi connectivity index (χ2v) is 7.69. The van der Waals surface area contributed by atoms with Crippen LogP contribution in [0.2, 0.25) is 0 Å². The van der Waals surface area contributed by atoms with E-state index in [-0.39, 0.29) is 17.0 Å². The largest absolute Gasteiger partial charge is 0.493 e. The summed E-state index contributed by atoms with van der Waals surface area (Å²) in [5.74, 6) is -1.38. The first-order chi connectivity index (χ1) is 13.9. The van der Waals surface area contributed by atoms with Crippen LogP contribution in [0.3, 0.4) is 0 Å². The highest BCUT2D eigenvalue weighted by molar-refractivity contribution is 7.11. The molecule has 0 unspecified atom stereocenters. The van der Waals surface area contributed by atoms with E-state index in [1.807, 2.05) is 32.0 Å². The third kappa shape index (κ3) is 3.27. The molecule has 29 heavy (non-hydrogen) atoms. The number of benzene rings is 2. The lowest BCUT2D eigenvalue weighted by Crippen LogP contribution is -2.24. The van der Waals surface area contributed by atoms with Crippen molar-refractivity contribution < 1.29 is 14.7 Å². The molecule has 0 radical (unpaired) electrons. The van der Waals surface area contributed by atoms with Gasteiger partial charge in [-0.2, -0.15) is 0 Å². The Morgan fingerprint density at radius 1 is 1.10 bits per heavy atom. The second kappa shape index (κ2) is 7.14. The standard InChI is InChI=1S/C21H17N3O4S/c1-11-6-5-7-12(2)17(11)23-15(25)10-24-20(27)18(29-21(24)28)16-13-8-3-4-9-14(13)22-19(16)26/h3-9,27H,10H2,1-2H3,(H,23,25). The zero-order valence-electron chi connectivity index (χ0n) is 15.7. The molecule has 1 aliphatic rings. The van der Waals surface area contributed by atoms with Crippen LogP contribution in [0.15, 0.2) is 52.3 Å². The molecule has 4 rings (SSSR count). The zero-order valence-corrected chi connectivity index (χ0v) is 16.5. The van der Waals surface area contributed by atoms with Crippen molar-refractivity contribution in [2.45, 2.75) is 20.4 Å². The Morgan fingerprint density at radius 3 is 2.52 bits per heavy atom. The van der Waals surface area contributed by atoms with E-state index in [1.54, 1.807) is 24.3 Å². The monoisotopic (exact) mass is 407 g/mol. The number of nitrogens with one attached hydrogen (secondary N) is 1. The molecular weight excluding hydrogens is 390 g/mol. The smallest absolute Gasteiger partial charge is 0.311 e. The number of aromatic hydroxyl groups is 1. The van der Waals surface area contributed by atoms with Gasteiger partial charge in [0.05, 0.1) is 10.9 Å². The number of amides is 2. The van der Waals surface area contributed by atoms with E-state index < -0.39 is 22.6 Å². The van der Waals surface area contributed by atoms with Crippen LogP contribution < -0.4 is 20.8 Å². The van der Waals surface area contributed by atoms with E-state index in [4.69, 9.17) is 0 Å². The molecule has 1 aliphatic heterocycles. The highest BCUT2D eigenvalue weighted by Gasteiger charge is 2.26. The number of anilines is 1. The molecule has 0 fully saturated rings. The number of thiazole rings is 1. The number of carbonyl (C=O) groups is 2. The fraction of sp³-hybridized carbons (Fsp3) is 0.143. The summed E-state index contributed by atoms with van der Waals surface area (Å²) in [5, 5.41) is 14.5. The first-order valence-corrected chi connectivity index (χ1v) is 9.70. The Balaban J connectivity index is 1.69. The minimum absolute atomic E-state index is 0.119. The number of hydrogen-bond acceptors (Lipinski definition) is 5. The molecule has 1 aromatic heterocycles. The van der Waals surface area contributed by atoms with Gasteiger partial charge in [-0.05, 0) is 31.0 Å². The van der Waals surface area contributed by atoms with Gasteiger partial charge in [-0.3, -0.25) is 19.0 Å². The Bertz CT molecular complexity index is 1330. The van der Waals surface area contributed by atoms with Crippen LogP contribution in [-0.4, -0.2) is 21.5 Å². The normalized spacial score (nSPS) is 12.6. The summed E-state index contributed by atoms with van der Waals surface area (Å²) in [6.07, 6.45) is 0. The molecule has 2 N–H and O–H groups in total. The first-order valence-electron chi connectivity index (χ1n) is 8.88. The van der Waals surface area contributed by atoms with Crippen molar-refractivity contribution in [3.63, 3.8) is 0 Å². The minimum Gasteiger partial charge on any atom is -0.493 e. The van der Waals surface area contributed by atoms with Crippen LogP contribution in [0.1, 0.15) is 16.0 Å². The van der Waals surface area contributed by atoms with Gasteiger partial charge in [0.15, 0.2) is 0 Å². The quantitative estimate of drug-likeness (QED) is 0.679. The van der Waals surface area contributed by atoms with Gasteiger partial charge in [0.1, 0.15) is 11.4 Å². The Labute approximate surface area is 169 Å². The van der Waals surface area contributed by atoms with Crippen molar-refractivity contribution in [1.29, 1.82) is 0 Å². The van der Waals surface area contributed by atoms with E-state index in [9.17, 15) is 19.5 Å². The lowest BCUT2D eigenvalue weighted by atomic mass is 10.1. The highest BCUT2D eigenvalue weighted by atomic mass is 32.1. The third-order valence-electron chi connectivity index (χ3n) is 4.75. The van der Waals surface area contributed by atoms with Gasteiger partial charge in [-0.1, -0.05) is 47.7 Å². The lowest BCUT2D eigenvalue weighted by molar-refractivity contribution is -0.117. The van der Waals surface area contributed by atoms with Crippen molar-refractivity contribution >= 4 is 34.4 Å². The predicted octanol–water partition coefficient (Wildman–Crippen LogP) is 1.23. The van der Waals surface area contributed by atoms with Crippen LogP contribution in [0, 0.1) is 13.8 Å². The molecule has 0 atom stereocenters. The molecule has 2 amide bonds. The van der Waals surface area contributed by atoms with E-state index in [1.165, 1.54) is 0 Å². The molecule has 2 aromatic carbocycles. The van der Waals surface area contributed by atoms with Gasteiger partial charge in [0.2, 0.25) is 11.8 Å². The van der Waals surface area contributed by atoms with Crippen LogP contribution in [0.5, 0.6) is 5.88 Å². The maximum atomic E-state index is 12.5. The van der Waals surface area contributed by atoms with Crippen molar-refractivity contribution in [2.75, 3.05) is 5.32 Å². The number of nitrogens with zero attached hydrogens (tertiary/aromatic N) is 2. The molecule has 0 spiro atoms. The van der Waals surface area contributed by atoms with E-state index >= 15 is 0 Å². The zero-order chi connectivity index (χ0) is 20.7. The van der Waals surface area contributed by atoms with Crippen molar-refractivity contribution in [1.82, 2.24) is 4.57 Å². The Hall–Kier alpha value is -3.52. The highest BCUT2D eigenvalue weighted by Crippen LogP contribution is 2.28. The Kier molecular flexibility index (Phi) is 4.63. The van der Waals surface area contributed by atoms with Crippen LogP contribution in [0.4, 0.5) is 5.69 Å². The maximum absolute atomic E-state index is 12.5. The van der Waals surface area contributed by atoms with Crippen LogP contribution in [0.25, 0.3) is 5.57 Å². The third-order valence-corrected chi connectivity index (χ3v) is 5.74. The Morgan fingerprint density at radius 2 is 1.79 bits per heavy atom. The fourth-order valence-corrected chi connectivity index (χ4v) is 4.25. The summed E-state index contributed by atoms with van der Waals surface area (Å²) >= 11 is 0.720. The number of fused-ring (bicyclic) bond motifs is 1. The van der Waals surface area contributed by atoms with Gasteiger partial charge >= 0.3 is 4.87 Å². The van der Waals surface area contributed by atoms with Crippen molar-refractivity contribution in [3.05, 3.63) is 78.7 Å². The summed E-state index contributed by atoms with van der Waals surface area (Å²) in [7, 11) is 0. The molecule has 3 aromatic rings. The molecule has 0 aliphatic carbocycles. The van der Waals surface area contributed by atoms with Gasteiger partial charge < -0.3 is 10.4 Å². The molecule has 8 heteroatoms. The van der Waals surface area contributed by atoms with Gasteiger partial charge in [0, 0.05) is 10.9 Å². The van der Waals surface area contributed by atoms with E-state index in [0.717, 1.165) is 27.0 Å². The number of para-hydroxylation sites is 2. The van der Waals surface area contributed by atoms with Crippen LogP contribution in [-0.2, 0) is 16.1 Å². The fourth-order valence-electron chi connectivity index (χ4n) is 3.32. The van der Waals surface area contributed by atoms with Crippen molar-refractivity contribution in [3.8, 4) is 5.88 Å². The summed E-state index contributed by atoms with van der Waals surface area (Å²) in [6, 6.07) is 12.5. The predicted molar refractivity (Wildman–Crippen MR) is 110 cm³/mol. The molecule has 2 heterocycles. The molecule has 0 saturated carbocycles. The first kappa shape index (κ1) is 18.8. The lowest BCUT2D eigenvalue weighted by Gasteiger charge is -2.11. The summed E-state index contributed by atoms with van der Waals surface area (Å²) in [6.45, 7) is 3.38. The number of hydrogen-bond donors (Lipinski definition) is 2. The minimum atomic E-state index is -0.529. The van der Waals surface area contributed by atoms with Crippen LogP contribution >= 0.6 is 11.3 Å². The molecular formula is C21H17N3O4S. The average molecular weight is 407 g/mol. The number of aromatic nitrogens is 1. The maximum Gasteiger partial charge on any atom is 0.311 e. The molecule has 0 saturated heterocycles. The summed E-state index contributed by atoms with van der Waals surface area (Å²) in [5.41, 5.74) is 2.64. The van der Waals surface area contributed by atoms with E-state index in [0.29, 0.717) is 16.3 Å².